The summed E-state index contributed by atoms with van der Waals surface area (Å²) in [5.41, 5.74) is 1.88. The molecule has 23 heavy (non-hydrogen) atoms. The van der Waals surface area contributed by atoms with Crippen LogP contribution in [0.4, 0.5) is 4.79 Å². The topological polar surface area (TPSA) is 75.6 Å². The molecule has 0 saturated carbocycles. The van der Waals surface area contributed by atoms with Crippen LogP contribution >= 0.6 is 22.9 Å². The molecule has 0 bridgehead atoms. The minimum absolute atomic E-state index is 0.0386. The van der Waals surface area contributed by atoms with Crippen LogP contribution in [-0.4, -0.2) is 29.6 Å². The average Bonchev–Trinajstić information content (AvgIpc) is 3.11. The molecule has 1 amide bonds. The number of hydrogen-bond acceptors (Lipinski definition) is 4. The first kappa shape index (κ1) is 15.8. The van der Waals surface area contributed by atoms with E-state index in [4.69, 9.17) is 21.4 Å². The number of Topliss-reactive ketones (excluding diaryl/α,β-unsaturated/α-hetero) is 1. The first-order valence-corrected chi connectivity index (χ1v) is 8.20. The first-order valence-electron chi connectivity index (χ1n) is 7.01. The second-order valence-corrected chi connectivity index (χ2v) is 6.79. The summed E-state index contributed by atoms with van der Waals surface area (Å²) in [5, 5.41) is 11.5. The van der Waals surface area contributed by atoms with Crippen molar-refractivity contribution in [2.75, 3.05) is 6.54 Å². The lowest BCUT2D eigenvalue weighted by Crippen LogP contribution is -2.33. The van der Waals surface area contributed by atoms with Gasteiger partial charge in [-0.25, -0.2) is 4.79 Å². The number of hydrogen-bond donors (Lipinski definition) is 2. The Hall–Kier alpha value is -2.05. The summed E-state index contributed by atoms with van der Waals surface area (Å²) >= 11 is 7.72. The van der Waals surface area contributed by atoms with Gasteiger partial charge in [-0.3, -0.25) is 4.79 Å². The molecule has 2 N–H and O–H groups in total. The Bertz CT molecular complexity index is 786. The zero-order valence-electron chi connectivity index (χ0n) is 12.3. The van der Waals surface area contributed by atoms with Gasteiger partial charge in [0.05, 0.1) is 16.4 Å². The zero-order chi connectivity index (χ0) is 16.6. The van der Waals surface area contributed by atoms with Gasteiger partial charge in [-0.2, -0.15) is 0 Å². The third-order valence-electron chi connectivity index (χ3n) is 3.57. The fraction of sp³-hybridized carbons (Fsp3) is 0.250. The number of fused-ring (bicyclic) bond motifs is 1. The molecule has 0 spiro atoms. The second-order valence-electron chi connectivity index (χ2n) is 5.30. The van der Waals surface area contributed by atoms with Crippen LogP contribution in [0.2, 0.25) is 5.02 Å². The molecule has 1 aromatic heterocycles. The van der Waals surface area contributed by atoms with Crippen molar-refractivity contribution < 1.29 is 19.4 Å². The Labute approximate surface area is 141 Å². The molecular formula is C16H14ClNO4S. The van der Waals surface area contributed by atoms with Crippen LogP contribution in [0.15, 0.2) is 24.3 Å². The molecule has 3 rings (SSSR count). The highest BCUT2D eigenvalue weighted by Crippen LogP contribution is 2.41. The lowest BCUT2D eigenvalue weighted by molar-refractivity contribution is 0.102. The van der Waals surface area contributed by atoms with Gasteiger partial charge in [0.1, 0.15) is 11.9 Å². The summed E-state index contributed by atoms with van der Waals surface area (Å²) in [5.74, 6) is 0.646. The molecule has 0 saturated heterocycles. The Morgan fingerprint density at radius 1 is 1.43 bits per heavy atom. The van der Waals surface area contributed by atoms with Crippen molar-refractivity contribution in [1.82, 2.24) is 5.32 Å². The Morgan fingerprint density at radius 3 is 2.87 bits per heavy atom. The standard InChI is InChI=1S/C16H14ClNO4S/c1-8(19)13-2-3-14(23-13)9-4-10-5-11(7-18-16(20)21)22-15(10)12(17)6-9/h2-4,6,11,18H,5,7H2,1H3,(H,20,21). The fourth-order valence-electron chi connectivity index (χ4n) is 2.53. The third-order valence-corrected chi connectivity index (χ3v) is 5.09. The minimum atomic E-state index is -1.08. The van der Waals surface area contributed by atoms with Crippen molar-refractivity contribution in [3.05, 3.63) is 39.7 Å². The number of carboxylic acid groups (broad SMARTS) is 1. The van der Waals surface area contributed by atoms with Gasteiger partial charge in [-0.1, -0.05) is 11.6 Å². The number of carbonyl (C=O) groups excluding carboxylic acids is 1. The molecule has 0 fully saturated rings. The van der Waals surface area contributed by atoms with E-state index in [0.29, 0.717) is 22.1 Å². The van der Waals surface area contributed by atoms with E-state index in [1.807, 2.05) is 18.2 Å². The van der Waals surface area contributed by atoms with Crippen molar-refractivity contribution in [1.29, 1.82) is 0 Å². The zero-order valence-corrected chi connectivity index (χ0v) is 13.8. The highest BCUT2D eigenvalue weighted by atomic mass is 35.5. The van der Waals surface area contributed by atoms with Crippen molar-refractivity contribution in [2.45, 2.75) is 19.4 Å². The number of ketones is 1. The van der Waals surface area contributed by atoms with E-state index >= 15 is 0 Å². The molecule has 2 aromatic rings. The number of amides is 1. The molecule has 1 unspecified atom stereocenters. The number of benzene rings is 1. The van der Waals surface area contributed by atoms with Crippen LogP contribution in [0.1, 0.15) is 22.2 Å². The second kappa shape index (κ2) is 6.22. The van der Waals surface area contributed by atoms with Crippen molar-refractivity contribution >= 4 is 34.8 Å². The van der Waals surface area contributed by atoms with E-state index in [9.17, 15) is 9.59 Å². The molecule has 1 aromatic carbocycles. The van der Waals surface area contributed by atoms with Gasteiger partial charge < -0.3 is 15.2 Å². The van der Waals surface area contributed by atoms with Gasteiger partial charge in [0.25, 0.3) is 0 Å². The lowest BCUT2D eigenvalue weighted by atomic mass is 10.1. The van der Waals surface area contributed by atoms with E-state index in [-0.39, 0.29) is 18.4 Å². The molecule has 7 heteroatoms. The van der Waals surface area contributed by atoms with Crippen LogP contribution in [0.25, 0.3) is 10.4 Å². The number of halogens is 1. The maximum atomic E-state index is 11.4. The molecule has 5 nitrogen and oxygen atoms in total. The van der Waals surface area contributed by atoms with Gasteiger partial charge in [0.2, 0.25) is 0 Å². The molecular weight excluding hydrogens is 338 g/mol. The van der Waals surface area contributed by atoms with Gasteiger partial charge >= 0.3 is 6.09 Å². The number of thiophene rings is 1. The number of rotatable bonds is 4. The summed E-state index contributed by atoms with van der Waals surface area (Å²) in [6.45, 7) is 1.75. The van der Waals surface area contributed by atoms with Crippen LogP contribution in [-0.2, 0) is 6.42 Å². The maximum Gasteiger partial charge on any atom is 0.404 e. The van der Waals surface area contributed by atoms with Gasteiger partial charge in [0, 0.05) is 16.9 Å². The van der Waals surface area contributed by atoms with Gasteiger partial charge in [0.15, 0.2) is 5.78 Å². The van der Waals surface area contributed by atoms with Crippen molar-refractivity contribution in [3.63, 3.8) is 0 Å². The van der Waals surface area contributed by atoms with Gasteiger partial charge in [-0.15, -0.1) is 11.3 Å². The predicted molar refractivity (Wildman–Crippen MR) is 88.9 cm³/mol. The smallest absolute Gasteiger partial charge is 0.404 e. The molecule has 120 valence electrons. The van der Waals surface area contributed by atoms with Crippen molar-refractivity contribution in [3.8, 4) is 16.2 Å². The summed E-state index contributed by atoms with van der Waals surface area (Å²) < 4.78 is 5.71. The summed E-state index contributed by atoms with van der Waals surface area (Å²) in [6, 6.07) is 7.50. The lowest BCUT2D eigenvalue weighted by Gasteiger charge is -2.10. The average molecular weight is 352 g/mol. The van der Waals surface area contributed by atoms with Gasteiger partial charge in [-0.05, 0) is 36.8 Å². The molecule has 1 aliphatic heterocycles. The molecule has 1 aliphatic rings. The number of carbonyl (C=O) groups is 2. The Kier molecular flexibility index (Phi) is 4.28. The van der Waals surface area contributed by atoms with Crippen LogP contribution in [0.3, 0.4) is 0 Å². The molecule has 1 atom stereocenters. The fourth-order valence-corrected chi connectivity index (χ4v) is 3.70. The van der Waals surface area contributed by atoms with Crippen LogP contribution < -0.4 is 10.1 Å². The molecule has 0 radical (unpaired) electrons. The SMILES string of the molecule is CC(=O)c1ccc(-c2cc(Cl)c3c(c2)CC(CNC(=O)O)O3)s1. The monoisotopic (exact) mass is 351 g/mol. The van der Waals surface area contributed by atoms with Crippen molar-refractivity contribution in [2.24, 2.45) is 0 Å². The number of ether oxygens (including phenoxy) is 1. The third kappa shape index (κ3) is 3.33. The maximum absolute atomic E-state index is 11.4. The largest absolute Gasteiger partial charge is 0.486 e. The normalized spacial score (nSPS) is 15.8. The van der Waals surface area contributed by atoms with E-state index in [1.165, 1.54) is 11.3 Å². The highest BCUT2D eigenvalue weighted by molar-refractivity contribution is 7.17. The molecule has 0 aliphatic carbocycles. The first-order chi connectivity index (χ1) is 10.9. The molecule has 2 heterocycles. The Morgan fingerprint density at radius 2 is 2.22 bits per heavy atom. The van der Waals surface area contributed by atoms with Crippen LogP contribution in [0, 0.1) is 0 Å². The van der Waals surface area contributed by atoms with E-state index in [1.54, 1.807) is 13.0 Å². The van der Waals surface area contributed by atoms with E-state index < -0.39 is 6.09 Å². The van der Waals surface area contributed by atoms with E-state index in [2.05, 4.69) is 5.32 Å². The van der Waals surface area contributed by atoms with Crippen LogP contribution in [0.5, 0.6) is 5.75 Å². The number of nitrogens with one attached hydrogen (secondary N) is 1. The van der Waals surface area contributed by atoms with E-state index in [0.717, 1.165) is 16.0 Å². The quantitative estimate of drug-likeness (QED) is 0.820. The minimum Gasteiger partial charge on any atom is -0.486 e. The Balaban J connectivity index is 1.84. The summed E-state index contributed by atoms with van der Waals surface area (Å²) in [4.78, 5) is 23.7. The summed E-state index contributed by atoms with van der Waals surface area (Å²) in [6.07, 6.45) is -0.745. The highest BCUT2D eigenvalue weighted by Gasteiger charge is 2.26. The predicted octanol–water partition coefficient (Wildman–Crippen LogP) is 3.84. The summed E-state index contributed by atoms with van der Waals surface area (Å²) in [7, 11) is 0.